The Bertz CT molecular complexity index is 131. The lowest BCUT2D eigenvalue weighted by Crippen LogP contribution is -2.44. The van der Waals surface area contributed by atoms with E-state index in [0.29, 0.717) is 5.11 Å². The van der Waals surface area contributed by atoms with Gasteiger partial charge in [-0.05, 0) is 25.1 Å². The van der Waals surface area contributed by atoms with Gasteiger partial charge in [0.2, 0.25) is 0 Å². The average Bonchev–Trinajstić information content (AvgIpc) is 2.17. The first-order valence-corrected chi connectivity index (χ1v) is 5.42. The first kappa shape index (κ1) is 12.7. The Labute approximate surface area is 86.6 Å². The van der Waals surface area contributed by atoms with Crippen molar-refractivity contribution in [2.24, 2.45) is 5.84 Å². The summed E-state index contributed by atoms with van der Waals surface area (Å²) in [5.74, 6) is 5.28. The third-order valence-corrected chi connectivity index (χ3v) is 2.35. The van der Waals surface area contributed by atoms with Gasteiger partial charge in [-0.15, -0.1) is 0 Å². The first-order chi connectivity index (χ1) is 6.26. The van der Waals surface area contributed by atoms with Crippen molar-refractivity contribution in [3.63, 3.8) is 0 Å². The van der Waals surface area contributed by atoms with Crippen LogP contribution in [0.25, 0.3) is 0 Å². The van der Waals surface area contributed by atoms with Crippen molar-refractivity contribution in [1.82, 2.24) is 10.3 Å². The van der Waals surface area contributed by atoms with E-state index in [1.54, 1.807) is 0 Å². The molecule has 0 rings (SSSR count). The molecule has 0 bridgehead atoms. The summed E-state index contributed by atoms with van der Waals surface area (Å²) >= 11 is 5.09. The van der Waals surface area contributed by atoms with Crippen LogP contribution in [-0.4, -0.2) is 23.1 Å². The third kappa shape index (κ3) is 5.82. The fourth-order valence-electron chi connectivity index (χ4n) is 1.10. The maximum absolute atomic E-state index is 5.28. The highest BCUT2D eigenvalue weighted by Crippen LogP contribution is 1.99. The molecule has 78 valence electrons. The van der Waals surface area contributed by atoms with E-state index in [-0.39, 0.29) is 0 Å². The van der Waals surface area contributed by atoms with E-state index in [1.165, 1.54) is 25.7 Å². The number of nitrogens with two attached hydrogens (primary N) is 1. The Morgan fingerprint density at radius 3 is 2.00 bits per heavy atom. The minimum absolute atomic E-state index is 0.668. The second-order valence-electron chi connectivity index (χ2n) is 3.14. The summed E-state index contributed by atoms with van der Waals surface area (Å²) in [6.45, 7) is 6.38. The van der Waals surface area contributed by atoms with Crippen LogP contribution < -0.4 is 11.3 Å². The standard InChI is InChI=1S/C9H21N3S/c1-3-5-7-12(8-6-4-2)9(13)11-10/h3-8,10H2,1-2H3,(H,11,13). The molecular weight excluding hydrogens is 182 g/mol. The predicted molar refractivity (Wildman–Crippen MR) is 61.3 cm³/mol. The van der Waals surface area contributed by atoms with Crippen molar-refractivity contribution in [2.75, 3.05) is 13.1 Å². The molecule has 0 aliphatic carbocycles. The lowest BCUT2D eigenvalue weighted by molar-refractivity contribution is 0.393. The highest BCUT2D eigenvalue weighted by atomic mass is 32.1. The molecule has 0 spiro atoms. The minimum Gasteiger partial charge on any atom is -0.348 e. The van der Waals surface area contributed by atoms with Crippen molar-refractivity contribution in [2.45, 2.75) is 39.5 Å². The van der Waals surface area contributed by atoms with E-state index in [1.807, 2.05) is 0 Å². The highest BCUT2D eigenvalue weighted by Gasteiger charge is 2.05. The number of thiocarbonyl (C=S) groups is 1. The summed E-state index contributed by atoms with van der Waals surface area (Å²) in [5.41, 5.74) is 2.54. The topological polar surface area (TPSA) is 41.3 Å². The molecule has 0 heterocycles. The van der Waals surface area contributed by atoms with Crippen LogP contribution in [0.1, 0.15) is 39.5 Å². The SMILES string of the molecule is CCCCN(CCCC)C(=S)NN. The van der Waals surface area contributed by atoms with Crippen LogP contribution >= 0.6 is 12.2 Å². The Kier molecular flexibility index (Phi) is 8.04. The molecule has 3 N–H and O–H groups in total. The van der Waals surface area contributed by atoms with E-state index in [9.17, 15) is 0 Å². The molecule has 0 unspecified atom stereocenters. The lowest BCUT2D eigenvalue weighted by atomic mass is 10.3. The second kappa shape index (κ2) is 8.26. The molecule has 0 aromatic carbocycles. The molecule has 0 aromatic rings. The average molecular weight is 203 g/mol. The van der Waals surface area contributed by atoms with Crippen molar-refractivity contribution in [3.8, 4) is 0 Å². The third-order valence-electron chi connectivity index (χ3n) is 1.97. The van der Waals surface area contributed by atoms with E-state index in [2.05, 4.69) is 24.2 Å². The fraction of sp³-hybridized carbons (Fsp3) is 0.889. The Hall–Kier alpha value is -0.350. The van der Waals surface area contributed by atoms with Gasteiger partial charge in [-0.3, -0.25) is 0 Å². The zero-order valence-electron chi connectivity index (χ0n) is 8.68. The maximum Gasteiger partial charge on any atom is 0.183 e. The van der Waals surface area contributed by atoms with Gasteiger partial charge < -0.3 is 10.3 Å². The fourth-order valence-corrected chi connectivity index (χ4v) is 1.29. The van der Waals surface area contributed by atoms with Gasteiger partial charge in [-0.2, -0.15) is 0 Å². The van der Waals surface area contributed by atoms with E-state index < -0.39 is 0 Å². The molecule has 0 fully saturated rings. The Balaban J connectivity index is 3.79. The van der Waals surface area contributed by atoms with E-state index >= 15 is 0 Å². The second-order valence-corrected chi connectivity index (χ2v) is 3.53. The van der Waals surface area contributed by atoms with Gasteiger partial charge in [0.25, 0.3) is 0 Å². The van der Waals surface area contributed by atoms with Crippen LogP contribution in [0.4, 0.5) is 0 Å². The van der Waals surface area contributed by atoms with Gasteiger partial charge in [-0.25, -0.2) is 5.84 Å². The molecule has 0 amide bonds. The smallest absolute Gasteiger partial charge is 0.183 e. The van der Waals surface area contributed by atoms with Gasteiger partial charge in [0.1, 0.15) is 0 Å². The van der Waals surface area contributed by atoms with Gasteiger partial charge in [0.15, 0.2) is 5.11 Å². The Morgan fingerprint density at radius 2 is 1.69 bits per heavy atom. The van der Waals surface area contributed by atoms with Crippen molar-refractivity contribution < 1.29 is 0 Å². The summed E-state index contributed by atoms with van der Waals surface area (Å²) in [4.78, 5) is 2.14. The number of rotatable bonds is 6. The molecule has 0 aliphatic heterocycles. The van der Waals surface area contributed by atoms with Gasteiger partial charge in [0.05, 0.1) is 0 Å². The van der Waals surface area contributed by atoms with Crippen LogP contribution in [0.5, 0.6) is 0 Å². The predicted octanol–water partition coefficient (Wildman–Crippen LogP) is 1.64. The lowest BCUT2D eigenvalue weighted by Gasteiger charge is -2.24. The minimum atomic E-state index is 0.668. The zero-order chi connectivity index (χ0) is 10.1. The normalized spacial score (nSPS) is 9.77. The maximum atomic E-state index is 5.28. The van der Waals surface area contributed by atoms with E-state index in [4.69, 9.17) is 18.1 Å². The van der Waals surface area contributed by atoms with E-state index in [0.717, 1.165) is 13.1 Å². The number of nitrogens with zero attached hydrogens (tertiary/aromatic N) is 1. The summed E-state index contributed by atoms with van der Waals surface area (Å²) in [7, 11) is 0. The van der Waals surface area contributed by atoms with Crippen molar-refractivity contribution in [3.05, 3.63) is 0 Å². The zero-order valence-corrected chi connectivity index (χ0v) is 9.49. The van der Waals surface area contributed by atoms with Crippen LogP contribution in [0, 0.1) is 0 Å². The molecule has 13 heavy (non-hydrogen) atoms. The molecule has 0 aliphatic rings. The molecule has 0 saturated heterocycles. The largest absolute Gasteiger partial charge is 0.348 e. The first-order valence-electron chi connectivity index (χ1n) is 5.01. The Morgan fingerprint density at radius 1 is 1.23 bits per heavy atom. The molecule has 4 heteroatoms. The van der Waals surface area contributed by atoms with Crippen LogP contribution in [0.15, 0.2) is 0 Å². The molecule has 0 radical (unpaired) electrons. The van der Waals surface area contributed by atoms with Crippen molar-refractivity contribution in [1.29, 1.82) is 0 Å². The highest BCUT2D eigenvalue weighted by molar-refractivity contribution is 7.80. The van der Waals surface area contributed by atoms with Gasteiger partial charge >= 0.3 is 0 Å². The summed E-state index contributed by atoms with van der Waals surface area (Å²) in [6, 6.07) is 0. The number of hydrogen-bond donors (Lipinski definition) is 2. The van der Waals surface area contributed by atoms with Gasteiger partial charge in [0, 0.05) is 13.1 Å². The number of hydrogen-bond acceptors (Lipinski definition) is 2. The molecular formula is C9H21N3S. The van der Waals surface area contributed by atoms with Crippen LogP contribution in [0.3, 0.4) is 0 Å². The van der Waals surface area contributed by atoms with Crippen molar-refractivity contribution >= 4 is 17.3 Å². The molecule has 0 atom stereocenters. The molecule has 0 aromatic heterocycles. The number of nitrogens with one attached hydrogen (secondary N) is 1. The van der Waals surface area contributed by atoms with Crippen LogP contribution in [-0.2, 0) is 0 Å². The number of unbranched alkanes of at least 4 members (excludes halogenated alkanes) is 2. The summed E-state index contributed by atoms with van der Waals surface area (Å²) < 4.78 is 0. The number of hydrazine groups is 1. The molecule has 3 nitrogen and oxygen atoms in total. The monoisotopic (exact) mass is 203 g/mol. The summed E-state index contributed by atoms with van der Waals surface area (Å²) in [6.07, 6.45) is 4.72. The van der Waals surface area contributed by atoms with Gasteiger partial charge in [-0.1, -0.05) is 26.7 Å². The quantitative estimate of drug-likeness (QED) is 0.391. The molecule has 0 saturated carbocycles. The summed E-state index contributed by atoms with van der Waals surface area (Å²) in [5, 5.41) is 0.668. The van der Waals surface area contributed by atoms with Crippen LogP contribution in [0.2, 0.25) is 0 Å².